The summed E-state index contributed by atoms with van der Waals surface area (Å²) in [4.78, 5) is 4.11. The highest BCUT2D eigenvalue weighted by atomic mass is 127. The van der Waals surface area contributed by atoms with Gasteiger partial charge in [0.15, 0.2) is 5.96 Å². The highest BCUT2D eigenvalue weighted by Gasteiger charge is 2.02. The maximum atomic E-state index is 5.19. The zero-order valence-electron chi connectivity index (χ0n) is 11.1. The molecule has 0 radical (unpaired) electrons. The lowest BCUT2D eigenvalue weighted by Gasteiger charge is -2.11. The van der Waals surface area contributed by atoms with Crippen LogP contribution in [0.1, 0.15) is 5.56 Å². The number of ether oxygens (including phenoxy) is 1. The molecule has 4 nitrogen and oxygen atoms in total. The molecule has 0 aromatic heterocycles. The lowest BCUT2D eigenvalue weighted by atomic mass is 10.2. The van der Waals surface area contributed by atoms with Crippen molar-refractivity contribution in [2.24, 2.45) is 4.99 Å². The van der Waals surface area contributed by atoms with Gasteiger partial charge in [0, 0.05) is 20.1 Å². The summed E-state index contributed by atoms with van der Waals surface area (Å²) in [7, 11) is 3.39. The second-order valence-electron chi connectivity index (χ2n) is 3.56. The van der Waals surface area contributed by atoms with E-state index in [2.05, 4.69) is 38.1 Å². The van der Waals surface area contributed by atoms with Crippen molar-refractivity contribution in [3.8, 4) is 5.75 Å². The van der Waals surface area contributed by atoms with Gasteiger partial charge in [0.1, 0.15) is 5.75 Å². The van der Waals surface area contributed by atoms with Crippen LogP contribution in [0.4, 0.5) is 0 Å². The van der Waals surface area contributed by atoms with E-state index in [0.717, 1.165) is 21.7 Å². The third kappa shape index (κ3) is 6.29. The zero-order chi connectivity index (χ0) is 13.4. The summed E-state index contributed by atoms with van der Waals surface area (Å²) in [6.07, 6.45) is 1.79. The molecule has 0 bridgehead atoms. The normalized spacial score (nSPS) is 10.4. The molecule has 0 saturated heterocycles. The number of hydrogen-bond donors (Lipinski definition) is 2. The number of methoxy groups -OCH3 is 1. The topological polar surface area (TPSA) is 45.7 Å². The molecule has 0 aliphatic heterocycles. The fraction of sp³-hybridized carbons (Fsp3) is 0.308. The molecule has 1 aromatic rings. The van der Waals surface area contributed by atoms with Crippen LogP contribution < -0.4 is 15.4 Å². The number of benzene rings is 1. The van der Waals surface area contributed by atoms with Crippen molar-refractivity contribution in [1.29, 1.82) is 0 Å². The number of hydrogen-bond acceptors (Lipinski definition) is 2. The van der Waals surface area contributed by atoms with Gasteiger partial charge in [0.05, 0.1) is 11.6 Å². The van der Waals surface area contributed by atoms with Gasteiger partial charge in [-0.1, -0.05) is 12.1 Å². The third-order valence-corrected chi connectivity index (χ3v) is 2.93. The third-order valence-electron chi connectivity index (χ3n) is 2.31. The molecule has 1 rings (SSSR count). The monoisotopic (exact) mass is 439 g/mol. The molecule has 0 fully saturated rings. The lowest BCUT2D eigenvalue weighted by molar-refractivity contribution is 0.412. The van der Waals surface area contributed by atoms with Crippen LogP contribution in [0, 0.1) is 0 Å². The highest BCUT2D eigenvalue weighted by molar-refractivity contribution is 14.0. The Kier molecular flexibility index (Phi) is 9.68. The van der Waals surface area contributed by atoms with Crippen molar-refractivity contribution in [3.05, 3.63) is 40.9 Å². The number of rotatable bonds is 5. The molecule has 0 atom stereocenters. The summed E-state index contributed by atoms with van der Waals surface area (Å²) in [6, 6.07) is 5.96. The maximum absolute atomic E-state index is 5.19. The van der Waals surface area contributed by atoms with Crippen LogP contribution in [0.5, 0.6) is 5.75 Å². The van der Waals surface area contributed by atoms with Crippen LogP contribution >= 0.6 is 39.9 Å². The van der Waals surface area contributed by atoms with E-state index in [1.165, 1.54) is 0 Å². The van der Waals surface area contributed by atoms with Crippen molar-refractivity contribution in [2.75, 3.05) is 20.7 Å². The van der Waals surface area contributed by atoms with Crippen LogP contribution in [-0.4, -0.2) is 26.7 Å². The van der Waals surface area contributed by atoms with E-state index in [4.69, 9.17) is 4.74 Å². The first kappa shape index (κ1) is 18.2. The van der Waals surface area contributed by atoms with Crippen LogP contribution in [-0.2, 0) is 6.54 Å². The first-order valence-corrected chi connectivity index (χ1v) is 6.38. The summed E-state index contributed by atoms with van der Waals surface area (Å²) >= 11 is 3.46. The Morgan fingerprint density at radius 1 is 1.47 bits per heavy atom. The second kappa shape index (κ2) is 10.1. The number of aliphatic imine (C=N–C) groups is 1. The predicted molar refractivity (Wildman–Crippen MR) is 94.5 cm³/mol. The predicted octanol–water partition coefficient (Wildman–Crippen LogP) is 2.93. The van der Waals surface area contributed by atoms with E-state index in [-0.39, 0.29) is 24.0 Å². The van der Waals surface area contributed by atoms with Crippen molar-refractivity contribution in [1.82, 2.24) is 10.6 Å². The van der Waals surface area contributed by atoms with Crippen LogP contribution in [0.2, 0.25) is 0 Å². The summed E-state index contributed by atoms with van der Waals surface area (Å²) in [5.74, 6) is 1.58. The second-order valence-corrected chi connectivity index (χ2v) is 4.42. The number of nitrogens with one attached hydrogen (secondary N) is 2. The highest BCUT2D eigenvalue weighted by Crippen LogP contribution is 2.25. The van der Waals surface area contributed by atoms with Crippen molar-refractivity contribution in [3.63, 3.8) is 0 Å². The minimum absolute atomic E-state index is 0. The fourth-order valence-electron chi connectivity index (χ4n) is 1.40. The average molecular weight is 440 g/mol. The van der Waals surface area contributed by atoms with E-state index in [0.29, 0.717) is 13.1 Å². The van der Waals surface area contributed by atoms with E-state index >= 15 is 0 Å². The maximum Gasteiger partial charge on any atom is 0.191 e. The molecule has 0 saturated carbocycles. The first-order chi connectivity index (χ1) is 8.71. The molecule has 6 heteroatoms. The fourth-order valence-corrected chi connectivity index (χ4v) is 1.98. The molecule has 0 aliphatic carbocycles. The zero-order valence-corrected chi connectivity index (χ0v) is 15.0. The van der Waals surface area contributed by atoms with Gasteiger partial charge >= 0.3 is 0 Å². The Hall–Kier alpha value is -0.760. The molecule has 0 spiro atoms. The van der Waals surface area contributed by atoms with Crippen molar-refractivity contribution in [2.45, 2.75) is 6.54 Å². The Bertz CT molecular complexity index is 438. The summed E-state index contributed by atoms with van der Waals surface area (Å²) in [5.41, 5.74) is 1.14. The Morgan fingerprint density at radius 3 is 2.74 bits per heavy atom. The van der Waals surface area contributed by atoms with Gasteiger partial charge in [-0.2, -0.15) is 0 Å². The van der Waals surface area contributed by atoms with Gasteiger partial charge in [-0.3, -0.25) is 4.99 Å². The van der Waals surface area contributed by atoms with E-state index in [9.17, 15) is 0 Å². The first-order valence-electron chi connectivity index (χ1n) is 5.59. The summed E-state index contributed by atoms with van der Waals surface area (Å²) < 4.78 is 6.13. The van der Waals surface area contributed by atoms with Crippen molar-refractivity contribution >= 4 is 45.9 Å². The van der Waals surface area contributed by atoms with E-state index in [1.807, 2.05) is 18.2 Å². The quantitative estimate of drug-likeness (QED) is 0.321. The standard InChI is InChI=1S/C13H18BrN3O.HI/c1-4-7-16-13(15-2)17-9-10-5-6-12(18-3)11(14)8-10;/h4-6,8H,1,7,9H2,2-3H3,(H2,15,16,17);1H. The molecule has 0 aliphatic rings. The van der Waals surface area contributed by atoms with E-state index < -0.39 is 0 Å². The van der Waals surface area contributed by atoms with Gasteiger partial charge in [0.25, 0.3) is 0 Å². The van der Waals surface area contributed by atoms with Gasteiger partial charge in [-0.25, -0.2) is 0 Å². The summed E-state index contributed by atoms with van der Waals surface area (Å²) in [6.45, 7) is 5.03. The Labute approximate surface area is 139 Å². The van der Waals surface area contributed by atoms with Crippen LogP contribution in [0.3, 0.4) is 0 Å². The smallest absolute Gasteiger partial charge is 0.191 e. The minimum atomic E-state index is 0. The molecular formula is C13H19BrIN3O. The van der Waals surface area contributed by atoms with Crippen LogP contribution in [0.15, 0.2) is 40.3 Å². The van der Waals surface area contributed by atoms with Gasteiger partial charge in [-0.05, 0) is 33.6 Å². The minimum Gasteiger partial charge on any atom is -0.496 e. The lowest BCUT2D eigenvalue weighted by Crippen LogP contribution is -2.36. The average Bonchev–Trinajstić information content (AvgIpc) is 2.39. The van der Waals surface area contributed by atoms with Gasteiger partial charge in [0.2, 0.25) is 0 Å². The van der Waals surface area contributed by atoms with E-state index in [1.54, 1.807) is 20.2 Å². The molecular weight excluding hydrogens is 421 g/mol. The molecule has 2 N–H and O–H groups in total. The van der Waals surface area contributed by atoms with Gasteiger partial charge < -0.3 is 15.4 Å². The van der Waals surface area contributed by atoms with Crippen molar-refractivity contribution < 1.29 is 4.74 Å². The van der Waals surface area contributed by atoms with Crippen LogP contribution in [0.25, 0.3) is 0 Å². The Morgan fingerprint density at radius 2 is 2.21 bits per heavy atom. The molecule has 0 unspecified atom stereocenters. The van der Waals surface area contributed by atoms with Gasteiger partial charge in [-0.15, -0.1) is 30.6 Å². The molecule has 0 amide bonds. The largest absolute Gasteiger partial charge is 0.496 e. The SMILES string of the molecule is C=CCNC(=NC)NCc1ccc(OC)c(Br)c1.I. The molecule has 19 heavy (non-hydrogen) atoms. The number of nitrogens with zero attached hydrogens (tertiary/aromatic N) is 1. The molecule has 0 heterocycles. The molecule has 1 aromatic carbocycles. The Balaban J connectivity index is 0.00000324. The number of guanidine groups is 1. The number of halogens is 2. The summed E-state index contributed by atoms with van der Waals surface area (Å²) in [5, 5.41) is 6.33. The molecule has 106 valence electrons.